The van der Waals surface area contributed by atoms with E-state index in [0.29, 0.717) is 30.1 Å². The molecule has 2 fully saturated rings. The molecule has 0 aromatic carbocycles. The van der Waals surface area contributed by atoms with E-state index >= 15 is 0 Å². The largest absolute Gasteiger partial charge is 0.466 e. The Labute approximate surface area is 214 Å². The van der Waals surface area contributed by atoms with Crippen molar-refractivity contribution in [2.75, 3.05) is 6.61 Å². The number of ketones is 1. The zero-order chi connectivity index (χ0) is 25.8. The summed E-state index contributed by atoms with van der Waals surface area (Å²) in [5.41, 5.74) is 5.29. The van der Waals surface area contributed by atoms with E-state index in [0.717, 1.165) is 38.5 Å². The lowest BCUT2D eigenvalue weighted by Gasteiger charge is -2.61. The minimum Gasteiger partial charge on any atom is -0.466 e. The van der Waals surface area contributed by atoms with Crippen molar-refractivity contribution in [3.05, 3.63) is 22.8 Å². The highest BCUT2D eigenvalue weighted by atomic mass is 16.5. The topological polar surface area (TPSA) is 43.4 Å². The molecule has 3 heteroatoms. The van der Waals surface area contributed by atoms with Crippen molar-refractivity contribution in [3.63, 3.8) is 0 Å². The van der Waals surface area contributed by atoms with Gasteiger partial charge in [0.1, 0.15) is 5.78 Å². The number of esters is 1. The molecule has 0 aromatic heterocycles. The molecule has 35 heavy (non-hydrogen) atoms. The number of hydrogen-bond donors (Lipinski definition) is 0. The van der Waals surface area contributed by atoms with Gasteiger partial charge in [-0.05, 0) is 106 Å². The average molecular weight is 483 g/mol. The predicted octanol–water partition coefficient (Wildman–Crippen LogP) is 8.23. The molecule has 4 aliphatic rings. The molecule has 3 nitrogen and oxygen atoms in total. The van der Waals surface area contributed by atoms with Crippen LogP contribution >= 0.6 is 0 Å². The summed E-state index contributed by atoms with van der Waals surface area (Å²) in [6.07, 6.45) is 13.5. The molecule has 0 heterocycles. The molecule has 0 aromatic rings. The summed E-state index contributed by atoms with van der Waals surface area (Å²) in [4.78, 5) is 24.6. The van der Waals surface area contributed by atoms with Crippen molar-refractivity contribution in [1.29, 1.82) is 0 Å². The van der Waals surface area contributed by atoms with Crippen LogP contribution in [0.4, 0.5) is 0 Å². The van der Waals surface area contributed by atoms with Gasteiger partial charge in [-0.3, -0.25) is 9.59 Å². The maximum atomic E-state index is 12.9. The van der Waals surface area contributed by atoms with Crippen LogP contribution in [0.1, 0.15) is 120 Å². The van der Waals surface area contributed by atoms with Gasteiger partial charge < -0.3 is 4.74 Å². The minimum absolute atomic E-state index is 0.155. The van der Waals surface area contributed by atoms with Crippen molar-refractivity contribution in [2.45, 2.75) is 120 Å². The average Bonchev–Trinajstić information content (AvgIpc) is 3.05. The number of hydrogen-bond acceptors (Lipinski definition) is 3. The summed E-state index contributed by atoms with van der Waals surface area (Å²) in [5.74, 6) is 1.79. The Hall–Kier alpha value is -1.38. The first-order valence-electron chi connectivity index (χ1n) is 14.3. The lowest BCUT2D eigenvalue weighted by atomic mass is 9.43. The van der Waals surface area contributed by atoms with Crippen LogP contribution in [-0.4, -0.2) is 18.4 Å². The van der Waals surface area contributed by atoms with E-state index in [4.69, 9.17) is 4.74 Å². The van der Waals surface area contributed by atoms with Crippen LogP contribution < -0.4 is 0 Å². The van der Waals surface area contributed by atoms with Gasteiger partial charge in [0.2, 0.25) is 0 Å². The summed E-state index contributed by atoms with van der Waals surface area (Å²) < 4.78 is 5.65. The number of Topliss-reactive ketones (excluding diaryl/α,β-unsaturated/α-hetero) is 1. The van der Waals surface area contributed by atoms with Crippen LogP contribution in [0.5, 0.6) is 0 Å². The maximum Gasteiger partial charge on any atom is 0.302 e. The first-order chi connectivity index (χ1) is 16.3. The van der Waals surface area contributed by atoms with Crippen molar-refractivity contribution in [1.82, 2.24) is 0 Å². The second-order valence-corrected chi connectivity index (χ2v) is 13.9. The molecular weight excluding hydrogens is 432 g/mol. The fourth-order valence-corrected chi connectivity index (χ4v) is 9.50. The van der Waals surface area contributed by atoms with Crippen LogP contribution in [-0.2, 0) is 14.3 Å². The number of carbonyl (C=O) groups is 2. The van der Waals surface area contributed by atoms with Crippen molar-refractivity contribution in [3.8, 4) is 0 Å². The van der Waals surface area contributed by atoms with Crippen LogP contribution in [0.15, 0.2) is 22.8 Å². The minimum atomic E-state index is -0.203. The maximum absolute atomic E-state index is 12.9. The molecule has 6 atom stereocenters. The summed E-state index contributed by atoms with van der Waals surface area (Å²) >= 11 is 0. The molecular formula is C32H50O3. The van der Waals surface area contributed by atoms with E-state index in [2.05, 4.69) is 54.5 Å². The Morgan fingerprint density at radius 2 is 1.69 bits per heavy atom. The van der Waals surface area contributed by atoms with Gasteiger partial charge >= 0.3 is 5.97 Å². The Bertz CT molecular complexity index is 934. The van der Waals surface area contributed by atoms with Gasteiger partial charge in [0.05, 0.1) is 6.61 Å². The molecule has 0 spiro atoms. The Morgan fingerprint density at radius 3 is 2.34 bits per heavy atom. The molecule has 4 aliphatic carbocycles. The van der Waals surface area contributed by atoms with Crippen molar-refractivity contribution >= 4 is 11.8 Å². The van der Waals surface area contributed by atoms with E-state index < -0.39 is 0 Å². The molecule has 0 aliphatic heterocycles. The molecule has 2 saturated carbocycles. The summed E-state index contributed by atoms with van der Waals surface area (Å²) in [7, 11) is 0. The molecule has 0 saturated heterocycles. The Morgan fingerprint density at radius 1 is 0.971 bits per heavy atom. The number of carbonyl (C=O) groups excluding carboxylic acids is 2. The van der Waals surface area contributed by atoms with E-state index in [1.165, 1.54) is 31.3 Å². The molecule has 4 rings (SSSR count). The van der Waals surface area contributed by atoms with Gasteiger partial charge in [-0.25, -0.2) is 0 Å². The highest BCUT2D eigenvalue weighted by molar-refractivity contribution is 5.85. The molecule has 0 radical (unpaired) electrons. The zero-order valence-corrected chi connectivity index (χ0v) is 23.8. The van der Waals surface area contributed by atoms with E-state index in [9.17, 15) is 9.59 Å². The van der Waals surface area contributed by atoms with Gasteiger partial charge in [0.15, 0.2) is 0 Å². The van der Waals surface area contributed by atoms with E-state index in [-0.39, 0.29) is 27.6 Å². The number of rotatable bonds is 6. The standard InChI is InChI=1S/C32H50O3/c1-21(2)10-9-11-23(20-35-22(3)33)24-14-18-32(8)26-12-13-27-29(4,5)28(34)16-17-30(27,6)25(26)15-19-31(24,32)7/h10,23-24,27H,9,11-20H2,1-8H3. The molecule has 0 N–H and O–H groups in total. The van der Waals surface area contributed by atoms with Gasteiger partial charge in [0, 0.05) is 18.8 Å². The quantitative estimate of drug-likeness (QED) is 0.283. The van der Waals surface area contributed by atoms with E-state index in [1.807, 2.05) is 0 Å². The summed E-state index contributed by atoms with van der Waals surface area (Å²) in [6.45, 7) is 18.5. The van der Waals surface area contributed by atoms with E-state index in [1.54, 1.807) is 18.1 Å². The third-order valence-electron chi connectivity index (χ3n) is 11.7. The monoisotopic (exact) mass is 482 g/mol. The number of allylic oxidation sites excluding steroid dienone is 4. The lowest BCUT2D eigenvalue weighted by molar-refractivity contribution is -0.143. The molecule has 196 valence electrons. The third-order valence-corrected chi connectivity index (χ3v) is 11.7. The first-order valence-corrected chi connectivity index (χ1v) is 14.3. The zero-order valence-electron chi connectivity index (χ0n) is 23.8. The van der Waals surface area contributed by atoms with Crippen molar-refractivity contribution < 1.29 is 14.3 Å². The van der Waals surface area contributed by atoms with Gasteiger partial charge in [0.25, 0.3) is 0 Å². The van der Waals surface area contributed by atoms with Crippen LogP contribution in [0.3, 0.4) is 0 Å². The fourth-order valence-electron chi connectivity index (χ4n) is 9.50. The summed E-state index contributed by atoms with van der Waals surface area (Å²) in [6, 6.07) is 0. The molecule has 0 bridgehead atoms. The first kappa shape index (κ1) is 26.7. The third kappa shape index (κ3) is 4.17. The Balaban J connectivity index is 1.67. The normalized spacial score (nSPS) is 38.8. The second-order valence-electron chi connectivity index (χ2n) is 13.9. The lowest BCUT2D eigenvalue weighted by Crippen LogP contribution is -2.54. The fraction of sp³-hybridized carbons (Fsp3) is 0.812. The van der Waals surface area contributed by atoms with Gasteiger partial charge in [-0.2, -0.15) is 0 Å². The van der Waals surface area contributed by atoms with Crippen LogP contribution in [0, 0.1) is 39.4 Å². The number of fused-ring (bicyclic) bond motifs is 4. The van der Waals surface area contributed by atoms with Crippen molar-refractivity contribution in [2.24, 2.45) is 39.4 Å². The number of ether oxygens (including phenoxy) is 1. The SMILES string of the molecule is CC(=O)OCC(CCC=C(C)C)C1CCC2(C)C3=C(CCC12C)C1(C)CCC(=O)C(C)(C)C1CC3. The molecule has 0 amide bonds. The summed E-state index contributed by atoms with van der Waals surface area (Å²) in [5, 5.41) is 0. The second kappa shape index (κ2) is 9.18. The predicted molar refractivity (Wildman–Crippen MR) is 143 cm³/mol. The van der Waals surface area contributed by atoms with Gasteiger partial charge in [-0.1, -0.05) is 57.4 Å². The van der Waals surface area contributed by atoms with Crippen LogP contribution in [0.25, 0.3) is 0 Å². The van der Waals surface area contributed by atoms with Crippen LogP contribution in [0.2, 0.25) is 0 Å². The van der Waals surface area contributed by atoms with Gasteiger partial charge in [-0.15, -0.1) is 0 Å². The highest BCUT2D eigenvalue weighted by Crippen LogP contribution is 2.72. The molecule has 6 unspecified atom stereocenters. The highest BCUT2D eigenvalue weighted by Gasteiger charge is 2.63. The Kier molecular flexibility index (Phi) is 6.99. The smallest absolute Gasteiger partial charge is 0.302 e.